The maximum Gasteiger partial charge on any atom is 0.230 e. The quantitative estimate of drug-likeness (QED) is 0.833. The molecular weight excluding hydrogens is 336 g/mol. The van der Waals surface area contributed by atoms with Gasteiger partial charge in [0.05, 0.1) is 17.4 Å². The number of para-hydroxylation sites is 2. The molecular formula is C23H24N2O2. The number of hydrogen-bond donors (Lipinski definition) is 1. The SMILES string of the molecule is CC(C)C(=O)N1c2ccccc2NC2=C(C(=O)CCC2)[C@@H]1c1ccccc1. The number of ketones is 1. The number of fused-ring (bicyclic) bond motifs is 1. The van der Waals surface area contributed by atoms with E-state index >= 15 is 0 Å². The number of nitrogens with one attached hydrogen (secondary N) is 1. The average molecular weight is 360 g/mol. The molecule has 4 rings (SSSR count). The lowest BCUT2D eigenvalue weighted by molar-refractivity contribution is -0.121. The summed E-state index contributed by atoms with van der Waals surface area (Å²) in [6, 6.07) is 17.3. The predicted molar refractivity (Wildman–Crippen MR) is 107 cm³/mol. The van der Waals surface area contributed by atoms with Crippen molar-refractivity contribution in [1.82, 2.24) is 0 Å². The number of rotatable bonds is 2. The van der Waals surface area contributed by atoms with Crippen molar-refractivity contribution in [3.05, 3.63) is 71.4 Å². The lowest BCUT2D eigenvalue weighted by atomic mass is 9.85. The molecule has 0 spiro atoms. The summed E-state index contributed by atoms with van der Waals surface area (Å²) in [6.45, 7) is 3.81. The van der Waals surface area contributed by atoms with Crippen molar-refractivity contribution in [3.8, 4) is 0 Å². The van der Waals surface area contributed by atoms with E-state index in [1.54, 1.807) is 0 Å². The Kier molecular flexibility index (Phi) is 4.56. The highest BCUT2D eigenvalue weighted by Gasteiger charge is 2.39. The van der Waals surface area contributed by atoms with Crippen molar-refractivity contribution in [2.45, 2.75) is 39.2 Å². The molecule has 1 aliphatic heterocycles. The zero-order valence-electron chi connectivity index (χ0n) is 15.7. The Morgan fingerprint density at radius 1 is 1.04 bits per heavy atom. The van der Waals surface area contributed by atoms with E-state index in [-0.39, 0.29) is 17.6 Å². The van der Waals surface area contributed by atoms with Crippen LogP contribution in [0.4, 0.5) is 11.4 Å². The zero-order valence-corrected chi connectivity index (χ0v) is 15.7. The van der Waals surface area contributed by atoms with Gasteiger partial charge in [-0.05, 0) is 30.5 Å². The summed E-state index contributed by atoms with van der Waals surface area (Å²) in [7, 11) is 0. The largest absolute Gasteiger partial charge is 0.357 e. The van der Waals surface area contributed by atoms with Crippen LogP contribution in [-0.4, -0.2) is 11.7 Å². The first kappa shape index (κ1) is 17.5. The number of nitrogens with zero attached hydrogens (tertiary/aromatic N) is 1. The standard InChI is InChI=1S/C23H24N2O2/c1-15(2)23(27)25-19-13-7-6-11-17(19)24-18-12-8-14-20(26)21(18)22(25)16-9-4-3-5-10-16/h3-7,9-11,13,15,22,24H,8,12,14H2,1-2H3/t22-/m0/s1. The number of hydrogen-bond acceptors (Lipinski definition) is 3. The number of allylic oxidation sites excluding steroid dienone is 1. The van der Waals surface area contributed by atoms with Gasteiger partial charge in [-0.1, -0.05) is 56.3 Å². The second-order valence-electron chi connectivity index (χ2n) is 7.49. The molecule has 1 N–H and O–H groups in total. The van der Waals surface area contributed by atoms with Gasteiger partial charge in [0.25, 0.3) is 0 Å². The van der Waals surface area contributed by atoms with Crippen molar-refractivity contribution >= 4 is 23.1 Å². The molecule has 0 saturated heterocycles. The Morgan fingerprint density at radius 3 is 2.48 bits per heavy atom. The number of amides is 1. The molecule has 2 aromatic rings. The summed E-state index contributed by atoms with van der Waals surface area (Å²) in [5.41, 5.74) is 4.36. The summed E-state index contributed by atoms with van der Waals surface area (Å²) in [5, 5.41) is 3.48. The van der Waals surface area contributed by atoms with Crippen LogP contribution in [0.15, 0.2) is 65.9 Å². The molecule has 1 amide bonds. The van der Waals surface area contributed by atoms with Gasteiger partial charge < -0.3 is 5.32 Å². The molecule has 2 aliphatic rings. The molecule has 138 valence electrons. The molecule has 1 atom stereocenters. The van der Waals surface area contributed by atoms with Crippen LogP contribution in [0.2, 0.25) is 0 Å². The van der Waals surface area contributed by atoms with Crippen molar-refractivity contribution in [2.75, 3.05) is 10.2 Å². The minimum Gasteiger partial charge on any atom is -0.357 e. The van der Waals surface area contributed by atoms with Crippen LogP contribution >= 0.6 is 0 Å². The van der Waals surface area contributed by atoms with Gasteiger partial charge in [0, 0.05) is 23.6 Å². The van der Waals surface area contributed by atoms with E-state index in [0.29, 0.717) is 6.42 Å². The van der Waals surface area contributed by atoms with E-state index in [9.17, 15) is 9.59 Å². The Labute approximate surface area is 159 Å². The Bertz CT molecular complexity index is 915. The minimum atomic E-state index is -0.403. The monoisotopic (exact) mass is 360 g/mol. The summed E-state index contributed by atoms with van der Waals surface area (Å²) in [5.74, 6) is -0.0256. The molecule has 0 aromatic heterocycles. The van der Waals surface area contributed by atoms with Crippen LogP contribution < -0.4 is 10.2 Å². The summed E-state index contributed by atoms with van der Waals surface area (Å²) >= 11 is 0. The maximum absolute atomic E-state index is 13.3. The second kappa shape index (κ2) is 7.03. The fourth-order valence-corrected chi connectivity index (χ4v) is 4.01. The molecule has 0 radical (unpaired) electrons. The molecule has 1 heterocycles. The van der Waals surface area contributed by atoms with Crippen LogP contribution in [0.25, 0.3) is 0 Å². The highest BCUT2D eigenvalue weighted by molar-refractivity contribution is 6.06. The van der Waals surface area contributed by atoms with Crippen LogP contribution in [-0.2, 0) is 9.59 Å². The summed E-state index contributed by atoms with van der Waals surface area (Å²) in [4.78, 5) is 28.2. The maximum atomic E-state index is 13.3. The fourth-order valence-electron chi connectivity index (χ4n) is 4.01. The van der Waals surface area contributed by atoms with E-state index in [4.69, 9.17) is 0 Å². The highest BCUT2D eigenvalue weighted by Crippen LogP contribution is 2.45. The van der Waals surface area contributed by atoms with Gasteiger partial charge in [-0.25, -0.2) is 0 Å². The Balaban J connectivity index is 2.01. The van der Waals surface area contributed by atoms with E-state index in [0.717, 1.165) is 41.1 Å². The van der Waals surface area contributed by atoms with Gasteiger partial charge in [0.2, 0.25) is 5.91 Å². The molecule has 0 unspecified atom stereocenters. The smallest absolute Gasteiger partial charge is 0.230 e. The molecule has 2 aromatic carbocycles. The number of carbonyl (C=O) groups excluding carboxylic acids is 2. The molecule has 0 saturated carbocycles. The lowest BCUT2D eigenvalue weighted by Crippen LogP contribution is -2.40. The third-order valence-corrected chi connectivity index (χ3v) is 5.28. The Morgan fingerprint density at radius 2 is 1.74 bits per heavy atom. The number of anilines is 2. The molecule has 0 fully saturated rings. The zero-order chi connectivity index (χ0) is 19.0. The van der Waals surface area contributed by atoms with Crippen molar-refractivity contribution < 1.29 is 9.59 Å². The van der Waals surface area contributed by atoms with Gasteiger partial charge in [0.1, 0.15) is 0 Å². The molecule has 27 heavy (non-hydrogen) atoms. The molecule has 1 aliphatic carbocycles. The number of benzene rings is 2. The minimum absolute atomic E-state index is 0.0187. The Hall–Kier alpha value is -2.88. The van der Waals surface area contributed by atoms with Gasteiger partial charge in [-0.15, -0.1) is 0 Å². The molecule has 4 heteroatoms. The first-order chi connectivity index (χ1) is 13.1. The van der Waals surface area contributed by atoms with Crippen LogP contribution in [0.3, 0.4) is 0 Å². The molecule has 0 bridgehead atoms. The topological polar surface area (TPSA) is 49.4 Å². The fraction of sp³-hybridized carbons (Fsp3) is 0.304. The van der Waals surface area contributed by atoms with E-state index in [1.807, 2.05) is 73.3 Å². The van der Waals surface area contributed by atoms with E-state index in [2.05, 4.69) is 5.32 Å². The third kappa shape index (κ3) is 3.05. The molecule has 4 nitrogen and oxygen atoms in total. The summed E-state index contributed by atoms with van der Waals surface area (Å²) in [6.07, 6.45) is 2.19. The lowest BCUT2D eigenvalue weighted by Gasteiger charge is -2.35. The van der Waals surface area contributed by atoms with Crippen molar-refractivity contribution in [1.29, 1.82) is 0 Å². The van der Waals surface area contributed by atoms with Gasteiger partial charge >= 0.3 is 0 Å². The van der Waals surface area contributed by atoms with Crippen molar-refractivity contribution in [2.24, 2.45) is 5.92 Å². The van der Waals surface area contributed by atoms with E-state index < -0.39 is 6.04 Å². The van der Waals surface area contributed by atoms with Crippen molar-refractivity contribution in [3.63, 3.8) is 0 Å². The second-order valence-corrected chi connectivity index (χ2v) is 7.49. The van der Waals surface area contributed by atoms with Gasteiger partial charge in [-0.3, -0.25) is 14.5 Å². The van der Waals surface area contributed by atoms with Crippen LogP contribution in [0.5, 0.6) is 0 Å². The third-order valence-electron chi connectivity index (χ3n) is 5.28. The highest BCUT2D eigenvalue weighted by atomic mass is 16.2. The van der Waals surface area contributed by atoms with Crippen LogP contribution in [0.1, 0.15) is 44.7 Å². The van der Waals surface area contributed by atoms with E-state index in [1.165, 1.54) is 0 Å². The number of Topliss-reactive ketones (excluding diaryl/α,β-unsaturated/α-hetero) is 1. The van der Waals surface area contributed by atoms with Gasteiger partial charge in [-0.2, -0.15) is 0 Å². The van der Waals surface area contributed by atoms with Crippen LogP contribution in [0, 0.1) is 5.92 Å². The number of carbonyl (C=O) groups is 2. The summed E-state index contributed by atoms with van der Waals surface area (Å²) < 4.78 is 0. The predicted octanol–water partition coefficient (Wildman–Crippen LogP) is 4.85. The normalized spacial score (nSPS) is 19.3. The average Bonchev–Trinajstić information content (AvgIpc) is 2.83. The first-order valence-electron chi connectivity index (χ1n) is 9.58. The van der Waals surface area contributed by atoms with Gasteiger partial charge in [0.15, 0.2) is 5.78 Å². The first-order valence-corrected chi connectivity index (χ1v) is 9.58.